The molecule has 1 aliphatic heterocycles. The van der Waals surface area contributed by atoms with Crippen molar-refractivity contribution in [2.45, 2.75) is 26.3 Å². The quantitative estimate of drug-likeness (QED) is 0.729. The molecule has 2 aromatic heterocycles. The van der Waals surface area contributed by atoms with E-state index in [1.165, 1.54) is 0 Å². The second-order valence-electron chi connectivity index (χ2n) is 7.15. The van der Waals surface area contributed by atoms with Crippen molar-refractivity contribution in [3.63, 3.8) is 0 Å². The van der Waals surface area contributed by atoms with Gasteiger partial charge in [0.05, 0.1) is 6.42 Å². The molecule has 3 heterocycles. The zero-order valence-corrected chi connectivity index (χ0v) is 15.9. The number of imidazole rings is 1. The Kier molecular flexibility index (Phi) is 5.25. The lowest BCUT2D eigenvalue weighted by molar-refractivity contribution is -0.132. The van der Waals surface area contributed by atoms with Gasteiger partial charge in [0.25, 0.3) is 0 Å². The highest BCUT2D eigenvalue weighted by Gasteiger charge is 2.21. The van der Waals surface area contributed by atoms with E-state index in [4.69, 9.17) is 0 Å². The maximum atomic E-state index is 12.7. The van der Waals surface area contributed by atoms with Crippen molar-refractivity contribution in [3.05, 3.63) is 54.2 Å². The van der Waals surface area contributed by atoms with Crippen LogP contribution in [0.15, 0.2) is 42.9 Å². The number of amides is 1. The molecular formula is C21H27N5O. The fraction of sp³-hybridized carbons (Fsp3) is 0.429. The second-order valence-corrected chi connectivity index (χ2v) is 7.15. The lowest BCUT2D eigenvalue weighted by Gasteiger charge is -2.35. The number of rotatable bonds is 6. The van der Waals surface area contributed by atoms with E-state index < -0.39 is 0 Å². The Hall–Kier alpha value is -2.60. The number of H-pyrrole nitrogens is 1. The molecule has 1 fully saturated rings. The molecule has 1 amide bonds. The molecule has 6 nitrogen and oxygen atoms in total. The number of para-hydroxylation sites is 1. The predicted octanol–water partition coefficient (Wildman–Crippen LogP) is 2.31. The minimum Gasteiger partial charge on any atom is -0.361 e. The molecule has 0 saturated carbocycles. The minimum absolute atomic E-state index is 0.224. The third kappa shape index (κ3) is 3.90. The van der Waals surface area contributed by atoms with Crippen LogP contribution in [-0.2, 0) is 24.2 Å². The third-order valence-corrected chi connectivity index (χ3v) is 5.52. The SMILES string of the molecule is CCc1nccn1CCN1CCN(C(=O)Cc2c[nH]c3ccccc23)CC1. The Morgan fingerprint density at radius 2 is 1.96 bits per heavy atom. The maximum Gasteiger partial charge on any atom is 0.227 e. The average Bonchev–Trinajstić information content (AvgIpc) is 3.33. The molecule has 0 radical (unpaired) electrons. The average molecular weight is 365 g/mol. The summed E-state index contributed by atoms with van der Waals surface area (Å²) in [6, 6.07) is 8.16. The largest absolute Gasteiger partial charge is 0.361 e. The predicted molar refractivity (Wildman–Crippen MR) is 107 cm³/mol. The number of fused-ring (bicyclic) bond motifs is 1. The van der Waals surface area contributed by atoms with Crippen LogP contribution in [0.2, 0.25) is 0 Å². The first kappa shape index (κ1) is 17.8. The van der Waals surface area contributed by atoms with E-state index in [2.05, 4.69) is 38.6 Å². The number of piperazine rings is 1. The van der Waals surface area contributed by atoms with Crippen LogP contribution in [0.1, 0.15) is 18.3 Å². The third-order valence-electron chi connectivity index (χ3n) is 5.52. The number of hydrogen-bond acceptors (Lipinski definition) is 3. The van der Waals surface area contributed by atoms with Gasteiger partial charge >= 0.3 is 0 Å². The van der Waals surface area contributed by atoms with E-state index in [-0.39, 0.29) is 5.91 Å². The van der Waals surface area contributed by atoms with Crippen LogP contribution >= 0.6 is 0 Å². The normalized spacial score (nSPS) is 15.5. The zero-order chi connectivity index (χ0) is 18.6. The van der Waals surface area contributed by atoms with E-state index in [0.717, 1.165) is 68.0 Å². The van der Waals surface area contributed by atoms with Gasteiger partial charge in [0.15, 0.2) is 0 Å². The number of nitrogens with one attached hydrogen (secondary N) is 1. The summed E-state index contributed by atoms with van der Waals surface area (Å²) in [7, 11) is 0. The summed E-state index contributed by atoms with van der Waals surface area (Å²) in [5.41, 5.74) is 2.18. The number of hydrogen-bond donors (Lipinski definition) is 1. The van der Waals surface area contributed by atoms with Crippen molar-refractivity contribution in [1.29, 1.82) is 0 Å². The number of nitrogens with zero attached hydrogens (tertiary/aromatic N) is 4. The lowest BCUT2D eigenvalue weighted by Crippen LogP contribution is -2.49. The molecule has 0 bridgehead atoms. The Balaban J connectivity index is 1.28. The molecule has 0 aliphatic carbocycles. The van der Waals surface area contributed by atoms with Crippen molar-refractivity contribution in [1.82, 2.24) is 24.3 Å². The van der Waals surface area contributed by atoms with Crippen molar-refractivity contribution < 1.29 is 4.79 Å². The van der Waals surface area contributed by atoms with Crippen molar-refractivity contribution in [3.8, 4) is 0 Å². The molecule has 3 aromatic rings. The first-order valence-electron chi connectivity index (χ1n) is 9.79. The molecule has 1 saturated heterocycles. The molecule has 1 aliphatic rings. The summed E-state index contributed by atoms with van der Waals surface area (Å²) >= 11 is 0. The molecule has 1 aromatic carbocycles. The number of carbonyl (C=O) groups excluding carboxylic acids is 1. The van der Waals surface area contributed by atoms with Gasteiger partial charge in [0.2, 0.25) is 5.91 Å². The van der Waals surface area contributed by atoms with Crippen LogP contribution in [0, 0.1) is 0 Å². The molecule has 0 spiro atoms. The highest BCUT2D eigenvalue weighted by Crippen LogP contribution is 2.19. The van der Waals surface area contributed by atoms with Crippen molar-refractivity contribution >= 4 is 16.8 Å². The van der Waals surface area contributed by atoms with Gasteiger partial charge in [-0.25, -0.2) is 4.98 Å². The molecule has 0 unspecified atom stereocenters. The Labute approximate surface area is 159 Å². The molecule has 6 heteroatoms. The van der Waals surface area contributed by atoms with E-state index >= 15 is 0 Å². The summed E-state index contributed by atoms with van der Waals surface area (Å²) in [6.07, 6.45) is 7.33. The number of carbonyl (C=O) groups is 1. The summed E-state index contributed by atoms with van der Waals surface area (Å²) < 4.78 is 2.23. The van der Waals surface area contributed by atoms with Crippen LogP contribution in [0.5, 0.6) is 0 Å². The molecule has 1 N–H and O–H groups in total. The highest BCUT2D eigenvalue weighted by atomic mass is 16.2. The Morgan fingerprint density at radius 3 is 2.78 bits per heavy atom. The summed E-state index contributed by atoms with van der Waals surface area (Å²) in [5.74, 6) is 1.37. The van der Waals surface area contributed by atoms with Crippen LogP contribution in [0.3, 0.4) is 0 Å². The first-order chi connectivity index (χ1) is 13.2. The molecule has 142 valence electrons. The van der Waals surface area contributed by atoms with Gasteiger partial charge in [-0.3, -0.25) is 9.69 Å². The van der Waals surface area contributed by atoms with Gasteiger partial charge in [-0.2, -0.15) is 0 Å². The Morgan fingerprint density at radius 1 is 1.15 bits per heavy atom. The summed E-state index contributed by atoms with van der Waals surface area (Å²) in [6.45, 7) is 7.61. The van der Waals surface area contributed by atoms with E-state index in [9.17, 15) is 4.79 Å². The van der Waals surface area contributed by atoms with Gasteiger partial charge in [0.1, 0.15) is 5.82 Å². The lowest BCUT2D eigenvalue weighted by atomic mass is 10.1. The highest BCUT2D eigenvalue weighted by molar-refractivity contribution is 5.88. The fourth-order valence-corrected chi connectivity index (χ4v) is 3.88. The second kappa shape index (κ2) is 7.96. The van der Waals surface area contributed by atoms with Crippen LogP contribution in [0.4, 0.5) is 0 Å². The minimum atomic E-state index is 0.224. The van der Waals surface area contributed by atoms with Crippen LogP contribution in [-0.4, -0.2) is 63.0 Å². The van der Waals surface area contributed by atoms with Crippen molar-refractivity contribution in [2.75, 3.05) is 32.7 Å². The Bertz CT molecular complexity index is 904. The number of benzene rings is 1. The van der Waals surface area contributed by atoms with Crippen molar-refractivity contribution in [2.24, 2.45) is 0 Å². The standard InChI is InChI=1S/C21H27N5O/c1-2-20-22-7-8-25(20)12-9-24-10-13-26(14-11-24)21(27)15-17-16-23-19-6-4-3-5-18(17)19/h3-8,16,23H,2,9-15H2,1H3. The van der Waals surface area contributed by atoms with Gasteiger partial charge < -0.3 is 14.5 Å². The monoisotopic (exact) mass is 365 g/mol. The number of aryl methyl sites for hydroxylation is 1. The van der Waals surface area contributed by atoms with Gasteiger partial charge in [0, 0.05) is 75.2 Å². The fourth-order valence-electron chi connectivity index (χ4n) is 3.88. The first-order valence-corrected chi connectivity index (χ1v) is 9.79. The van der Waals surface area contributed by atoms with Gasteiger partial charge in [-0.1, -0.05) is 25.1 Å². The van der Waals surface area contributed by atoms with E-state index in [1.54, 1.807) is 0 Å². The molecule has 4 rings (SSSR count). The number of aromatic nitrogens is 3. The van der Waals surface area contributed by atoms with Gasteiger partial charge in [-0.15, -0.1) is 0 Å². The van der Waals surface area contributed by atoms with Crippen LogP contribution < -0.4 is 0 Å². The maximum absolute atomic E-state index is 12.7. The molecule has 0 atom stereocenters. The summed E-state index contributed by atoms with van der Waals surface area (Å²) in [5, 5.41) is 1.15. The molecular weight excluding hydrogens is 338 g/mol. The molecule has 27 heavy (non-hydrogen) atoms. The van der Waals surface area contributed by atoms with E-state index in [1.807, 2.05) is 35.5 Å². The summed E-state index contributed by atoms with van der Waals surface area (Å²) in [4.78, 5) is 24.8. The smallest absolute Gasteiger partial charge is 0.227 e. The topological polar surface area (TPSA) is 57.2 Å². The number of aromatic amines is 1. The van der Waals surface area contributed by atoms with Crippen LogP contribution in [0.25, 0.3) is 10.9 Å². The zero-order valence-electron chi connectivity index (χ0n) is 15.9. The van der Waals surface area contributed by atoms with E-state index in [0.29, 0.717) is 6.42 Å². The van der Waals surface area contributed by atoms with Gasteiger partial charge in [-0.05, 0) is 11.6 Å².